The Balaban J connectivity index is 1.51. The van der Waals surface area contributed by atoms with Crippen LogP contribution in [0.5, 0.6) is 0 Å². The molecule has 9 heteroatoms. The smallest absolute Gasteiger partial charge is 0.265 e. The van der Waals surface area contributed by atoms with Gasteiger partial charge in [-0.15, -0.1) is 0 Å². The predicted molar refractivity (Wildman–Crippen MR) is 142 cm³/mol. The van der Waals surface area contributed by atoms with E-state index in [1.807, 2.05) is 50.2 Å². The molecule has 7 nitrogen and oxygen atoms in total. The maximum absolute atomic E-state index is 13.4. The minimum Gasteiger partial charge on any atom is -0.352 e. The molecule has 1 atom stereocenters. The Morgan fingerprint density at radius 2 is 1.69 bits per heavy atom. The van der Waals surface area contributed by atoms with Crippen LogP contribution in [0.2, 0.25) is 5.02 Å². The second-order valence-electron chi connectivity index (χ2n) is 9.26. The van der Waals surface area contributed by atoms with Crippen molar-refractivity contribution in [3.05, 3.63) is 71.2 Å². The molecule has 0 unspecified atom stereocenters. The van der Waals surface area contributed by atoms with Crippen molar-refractivity contribution in [2.45, 2.75) is 57.1 Å². The molecule has 0 aromatic heterocycles. The molecule has 36 heavy (non-hydrogen) atoms. The molecule has 3 aromatic rings. The molecular formula is C27H30ClN3O4S. The van der Waals surface area contributed by atoms with Gasteiger partial charge in [0.1, 0.15) is 6.04 Å². The van der Waals surface area contributed by atoms with Crippen LogP contribution in [0.25, 0.3) is 10.8 Å². The van der Waals surface area contributed by atoms with Gasteiger partial charge in [0.15, 0.2) is 0 Å². The number of nitrogens with zero attached hydrogens (tertiary/aromatic N) is 2. The zero-order chi connectivity index (χ0) is 26.0. The number of sulfonamides is 1. The van der Waals surface area contributed by atoms with E-state index < -0.39 is 16.1 Å². The van der Waals surface area contributed by atoms with Crippen LogP contribution in [-0.4, -0.2) is 43.8 Å². The Hall–Kier alpha value is -3.10. The summed E-state index contributed by atoms with van der Waals surface area (Å²) in [5.74, 6) is -0.497. The summed E-state index contributed by atoms with van der Waals surface area (Å²) in [5.41, 5.74) is 1.37. The maximum atomic E-state index is 13.4. The third-order valence-electron chi connectivity index (χ3n) is 6.33. The number of hydrogen-bond acceptors (Lipinski definition) is 4. The molecule has 0 fully saturated rings. The Labute approximate surface area is 217 Å². The highest BCUT2D eigenvalue weighted by atomic mass is 35.5. The van der Waals surface area contributed by atoms with Gasteiger partial charge in [-0.25, -0.2) is 8.42 Å². The number of carbonyl (C=O) groups excluding carboxylic acids is 2. The van der Waals surface area contributed by atoms with Crippen molar-refractivity contribution in [3.63, 3.8) is 0 Å². The summed E-state index contributed by atoms with van der Waals surface area (Å²) in [6.07, 6.45) is 0.391. The third-order valence-corrected chi connectivity index (χ3v) is 8.55. The Kier molecular flexibility index (Phi) is 7.57. The monoisotopic (exact) mass is 527 g/mol. The summed E-state index contributed by atoms with van der Waals surface area (Å²) in [6, 6.07) is 17.2. The fourth-order valence-electron chi connectivity index (χ4n) is 4.51. The van der Waals surface area contributed by atoms with E-state index in [1.165, 1.54) is 9.21 Å². The Morgan fingerprint density at radius 1 is 1.00 bits per heavy atom. The summed E-state index contributed by atoms with van der Waals surface area (Å²) < 4.78 is 27.8. The molecule has 4 rings (SSSR count). The molecular weight excluding hydrogens is 498 g/mol. The lowest BCUT2D eigenvalue weighted by molar-refractivity contribution is -0.140. The topological polar surface area (TPSA) is 86.8 Å². The summed E-state index contributed by atoms with van der Waals surface area (Å²) in [6.45, 7) is 5.75. The summed E-state index contributed by atoms with van der Waals surface area (Å²) >= 11 is 6.33. The van der Waals surface area contributed by atoms with E-state index in [-0.39, 0.29) is 37.4 Å². The number of halogens is 1. The van der Waals surface area contributed by atoms with Gasteiger partial charge in [0.25, 0.3) is 10.0 Å². The van der Waals surface area contributed by atoms with E-state index in [0.717, 1.165) is 10.9 Å². The first-order valence-corrected chi connectivity index (χ1v) is 13.8. The van der Waals surface area contributed by atoms with Gasteiger partial charge in [-0.2, -0.15) is 0 Å². The van der Waals surface area contributed by atoms with Gasteiger partial charge >= 0.3 is 0 Å². The van der Waals surface area contributed by atoms with E-state index in [2.05, 4.69) is 5.32 Å². The van der Waals surface area contributed by atoms with E-state index in [1.54, 1.807) is 31.2 Å². The van der Waals surface area contributed by atoms with Crippen molar-refractivity contribution in [3.8, 4) is 0 Å². The Morgan fingerprint density at radius 3 is 2.39 bits per heavy atom. The lowest BCUT2D eigenvalue weighted by Crippen LogP contribution is -2.49. The Bertz CT molecular complexity index is 1400. The second kappa shape index (κ2) is 10.5. The quantitative estimate of drug-likeness (QED) is 0.436. The molecule has 1 aliphatic heterocycles. The number of anilines is 1. The van der Waals surface area contributed by atoms with Crippen LogP contribution in [-0.2, 0) is 26.2 Å². The predicted octanol–water partition coefficient (Wildman–Crippen LogP) is 4.72. The first-order chi connectivity index (χ1) is 17.1. The minimum atomic E-state index is -3.69. The van der Waals surface area contributed by atoms with Gasteiger partial charge in [0, 0.05) is 36.0 Å². The number of nitrogens with one attached hydrogen (secondary N) is 1. The largest absolute Gasteiger partial charge is 0.352 e. The van der Waals surface area contributed by atoms with E-state index >= 15 is 0 Å². The fraction of sp³-hybridized carbons (Fsp3) is 0.333. The van der Waals surface area contributed by atoms with Gasteiger partial charge in [-0.3, -0.25) is 13.9 Å². The van der Waals surface area contributed by atoms with Gasteiger partial charge in [-0.05, 0) is 56.3 Å². The van der Waals surface area contributed by atoms with Crippen molar-refractivity contribution in [1.82, 2.24) is 10.2 Å². The molecule has 190 valence electrons. The molecule has 1 N–H and O–H groups in total. The highest BCUT2D eigenvalue weighted by molar-refractivity contribution is 7.93. The van der Waals surface area contributed by atoms with Crippen molar-refractivity contribution >= 4 is 49.9 Å². The second-order valence-corrected chi connectivity index (χ2v) is 11.5. The van der Waals surface area contributed by atoms with E-state index in [4.69, 9.17) is 11.6 Å². The highest BCUT2D eigenvalue weighted by Gasteiger charge is 2.35. The van der Waals surface area contributed by atoms with Crippen molar-refractivity contribution in [1.29, 1.82) is 0 Å². The lowest BCUT2D eigenvalue weighted by Gasteiger charge is -2.30. The van der Waals surface area contributed by atoms with Gasteiger partial charge in [-0.1, -0.05) is 54.1 Å². The number of rotatable bonds is 9. The van der Waals surface area contributed by atoms with E-state index in [9.17, 15) is 18.0 Å². The molecule has 2 amide bonds. The number of benzene rings is 3. The molecule has 1 heterocycles. The van der Waals surface area contributed by atoms with Crippen LogP contribution in [0.15, 0.2) is 65.6 Å². The summed E-state index contributed by atoms with van der Waals surface area (Å²) in [4.78, 5) is 27.9. The number of hydrogen-bond donors (Lipinski definition) is 1. The van der Waals surface area contributed by atoms with Crippen LogP contribution in [0.4, 0.5) is 5.69 Å². The van der Waals surface area contributed by atoms with Crippen LogP contribution in [0.3, 0.4) is 0 Å². The standard InChI is InChI=1S/C27H30ClN3O4S/c1-18(2)29-27(33)19(3)30(17-21-9-4-5-12-22(21)28)25(32)15-8-16-31-23-13-6-10-20-11-7-14-24(26(20)23)36(31,34)35/h4-7,9-14,18-19H,8,15-17H2,1-3H3,(H,29,33)/t19-/m0/s1. The molecule has 0 bridgehead atoms. The van der Waals surface area contributed by atoms with Gasteiger partial charge in [0.2, 0.25) is 11.8 Å². The molecule has 0 spiro atoms. The minimum absolute atomic E-state index is 0.0677. The maximum Gasteiger partial charge on any atom is 0.265 e. The van der Waals surface area contributed by atoms with Crippen molar-refractivity contribution in [2.24, 2.45) is 0 Å². The van der Waals surface area contributed by atoms with Crippen molar-refractivity contribution in [2.75, 3.05) is 10.8 Å². The normalized spacial score (nSPS) is 14.8. The van der Waals surface area contributed by atoms with Crippen LogP contribution in [0, 0.1) is 0 Å². The van der Waals surface area contributed by atoms with Crippen LogP contribution >= 0.6 is 11.6 Å². The highest BCUT2D eigenvalue weighted by Crippen LogP contribution is 2.42. The molecule has 0 saturated carbocycles. The zero-order valence-corrected chi connectivity index (χ0v) is 22.1. The number of amides is 2. The summed E-state index contributed by atoms with van der Waals surface area (Å²) in [7, 11) is -3.69. The van der Waals surface area contributed by atoms with Gasteiger partial charge in [0.05, 0.1) is 10.6 Å². The average Bonchev–Trinajstić information content (AvgIpc) is 3.05. The molecule has 0 saturated heterocycles. The van der Waals surface area contributed by atoms with E-state index in [0.29, 0.717) is 27.4 Å². The number of carbonyl (C=O) groups is 2. The molecule has 3 aromatic carbocycles. The fourth-order valence-corrected chi connectivity index (χ4v) is 6.46. The van der Waals surface area contributed by atoms with Crippen LogP contribution < -0.4 is 9.62 Å². The van der Waals surface area contributed by atoms with Crippen molar-refractivity contribution < 1.29 is 18.0 Å². The third kappa shape index (κ3) is 5.06. The first kappa shape index (κ1) is 26.0. The first-order valence-electron chi connectivity index (χ1n) is 12.0. The summed E-state index contributed by atoms with van der Waals surface area (Å²) in [5, 5.41) is 4.95. The van der Waals surface area contributed by atoms with Gasteiger partial charge < -0.3 is 10.2 Å². The zero-order valence-electron chi connectivity index (χ0n) is 20.6. The lowest BCUT2D eigenvalue weighted by atomic mass is 10.1. The van der Waals surface area contributed by atoms with Crippen LogP contribution in [0.1, 0.15) is 39.2 Å². The molecule has 0 aliphatic carbocycles. The molecule has 0 radical (unpaired) electrons. The average molecular weight is 528 g/mol. The SMILES string of the molecule is CC(C)NC(=O)[C@H](C)N(Cc1ccccc1Cl)C(=O)CCCN1c2cccc3cccc(c23)S1(=O)=O. The molecule has 1 aliphatic rings.